The Balaban J connectivity index is 1.73. The minimum absolute atomic E-state index is 0.00157. The van der Waals surface area contributed by atoms with Gasteiger partial charge in [-0.1, -0.05) is 13.8 Å². The smallest absolute Gasteiger partial charge is 0.320 e. The molecule has 0 aromatic rings. The third-order valence-electron chi connectivity index (χ3n) is 3.77. The highest BCUT2D eigenvalue weighted by molar-refractivity contribution is 5.79. The summed E-state index contributed by atoms with van der Waals surface area (Å²) in [4.78, 5) is 28.7. The molecule has 0 saturated carbocycles. The van der Waals surface area contributed by atoms with Crippen LogP contribution in [-0.4, -0.2) is 77.6 Å². The van der Waals surface area contributed by atoms with Crippen LogP contribution >= 0.6 is 0 Å². The summed E-state index contributed by atoms with van der Waals surface area (Å²) in [7, 11) is 0. The van der Waals surface area contributed by atoms with Crippen LogP contribution in [-0.2, 0) is 4.79 Å². The number of nitrogens with zero attached hydrogens (tertiary/aromatic N) is 3. The van der Waals surface area contributed by atoms with Crippen molar-refractivity contribution in [2.75, 3.05) is 45.8 Å². The maximum Gasteiger partial charge on any atom is 0.320 e. The predicted octanol–water partition coefficient (Wildman–Crippen LogP) is 0.396. The van der Waals surface area contributed by atoms with Gasteiger partial charge < -0.3 is 14.9 Å². The highest BCUT2D eigenvalue weighted by Gasteiger charge is 2.38. The Kier molecular flexibility index (Phi) is 4.29. The number of carboxylic acid groups (broad SMARTS) is 1. The Hall–Kier alpha value is -1.30. The van der Waals surface area contributed by atoms with Crippen LogP contribution in [0.3, 0.4) is 0 Å². The molecule has 0 aromatic carbocycles. The molecule has 108 valence electrons. The molecule has 0 aliphatic carbocycles. The topological polar surface area (TPSA) is 64.1 Å². The molecule has 2 fully saturated rings. The summed E-state index contributed by atoms with van der Waals surface area (Å²) in [5.41, 5.74) is 0. The van der Waals surface area contributed by atoms with Crippen molar-refractivity contribution in [2.24, 2.45) is 11.8 Å². The molecule has 2 heterocycles. The van der Waals surface area contributed by atoms with Crippen LogP contribution in [0.2, 0.25) is 0 Å². The van der Waals surface area contributed by atoms with E-state index < -0.39 is 5.97 Å². The second kappa shape index (κ2) is 5.77. The number of aliphatic carboxylic acids is 1. The average Bonchev–Trinajstić information content (AvgIpc) is 2.26. The van der Waals surface area contributed by atoms with E-state index in [4.69, 9.17) is 5.11 Å². The lowest BCUT2D eigenvalue weighted by Gasteiger charge is -2.42. The van der Waals surface area contributed by atoms with Crippen LogP contribution < -0.4 is 0 Å². The normalized spacial score (nSPS) is 21.6. The van der Waals surface area contributed by atoms with E-state index >= 15 is 0 Å². The van der Waals surface area contributed by atoms with Gasteiger partial charge in [0.05, 0.1) is 5.92 Å². The first-order valence-corrected chi connectivity index (χ1v) is 6.96. The molecule has 0 bridgehead atoms. The molecule has 19 heavy (non-hydrogen) atoms. The number of carbonyl (C=O) groups excluding carboxylic acids is 1. The Morgan fingerprint density at radius 1 is 1.11 bits per heavy atom. The van der Waals surface area contributed by atoms with E-state index in [9.17, 15) is 9.59 Å². The number of carbonyl (C=O) groups is 2. The minimum Gasteiger partial charge on any atom is -0.481 e. The van der Waals surface area contributed by atoms with Crippen molar-refractivity contribution in [2.45, 2.75) is 13.8 Å². The van der Waals surface area contributed by atoms with E-state index in [2.05, 4.69) is 18.7 Å². The Bertz CT molecular complexity index is 345. The van der Waals surface area contributed by atoms with Gasteiger partial charge >= 0.3 is 12.0 Å². The zero-order chi connectivity index (χ0) is 14.0. The number of hydrogen-bond acceptors (Lipinski definition) is 3. The molecule has 0 unspecified atom stereocenters. The van der Waals surface area contributed by atoms with Gasteiger partial charge in [0.1, 0.15) is 0 Å². The average molecular weight is 269 g/mol. The largest absolute Gasteiger partial charge is 0.481 e. The van der Waals surface area contributed by atoms with E-state index in [1.165, 1.54) is 0 Å². The van der Waals surface area contributed by atoms with Gasteiger partial charge in [-0.25, -0.2) is 4.79 Å². The van der Waals surface area contributed by atoms with Gasteiger partial charge in [-0.05, 0) is 5.92 Å². The lowest BCUT2D eigenvalue weighted by molar-refractivity contribution is -0.146. The molecule has 6 heteroatoms. The summed E-state index contributed by atoms with van der Waals surface area (Å²) >= 11 is 0. The summed E-state index contributed by atoms with van der Waals surface area (Å²) in [5, 5.41) is 8.80. The van der Waals surface area contributed by atoms with Crippen molar-refractivity contribution >= 4 is 12.0 Å². The van der Waals surface area contributed by atoms with Crippen molar-refractivity contribution in [3.63, 3.8) is 0 Å². The number of carboxylic acids is 1. The lowest BCUT2D eigenvalue weighted by Crippen LogP contribution is -2.60. The fraction of sp³-hybridized carbons (Fsp3) is 0.846. The summed E-state index contributed by atoms with van der Waals surface area (Å²) in [6, 6.07) is 0.00157. The maximum atomic E-state index is 12.1. The lowest BCUT2D eigenvalue weighted by atomic mass is 10.0. The number of amides is 2. The third-order valence-corrected chi connectivity index (χ3v) is 3.77. The highest BCUT2D eigenvalue weighted by Crippen LogP contribution is 2.18. The Morgan fingerprint density at radius 3 is 2.16 bits per heavy atom. The number of hydrogen-bond donors (Lipinski definition) is 1. The fourth-order valence-electron chi connectivity index (χ4n) is 2.63. The van der Waals surface area contributed by atoms with Gasteiger partial charge in [-0.15, -0.1) is 0 Å². The molecular formula is C13H23N3O3. The maximum absolute atomic E-state index is 12.1. The summed E-state index contributed by atoms with van der Waals surface area (Å²) < 4.78 is 0. The van der Waals surface area contributed by atoms with Crippen molar-refractivity contribution in [1.29, 1.82) is 0 Å². The second-order valence-electron chi connectivity index (χ2n) is 5.90. The van der Waals surface area contributed by atoms with E-state index in [1.807, 2.05) is 4.90 Å². The van der Waals surface area contributed by atoms with Crippen LogP contribution in [0.15, 0.2) is 0 Å². The molecule has 0 atom stereocenters. The zero-order valence-electron chi connectivity index (χ0n) is 11.7. The molecule has 0 aromatic heterocycles. The van der Waals surface area contributed by atoms with Crippen molar-refractivity contribution in [3.05, 3.63) is 0 Å². The third kappa shape index (κ3) is 3.37. The highest BCUT2D eigenvalue weighted by atomic mass is 16.4. The molecule has 2 amide bonds. The second-order valence-corrected chi connectivity index (χ2v) is 5.90. The fourth-order valence-corrected chi connectivity index (χ4v) is 2.63. The summed E-state index contributed by atoms with van der Waals surface area (Å²) in [5.74, 6) is -0.522. The van der Waals surface area contributed by atoms with Crippen LogP contribution in [0.1, 0.15) is 13.8 Å². The predicted molar refractivity (Wildman–Crippen MR) is 70.9 cm³/mol. The zero-order valence-corrected chi connectivity index (χ0v) is 11.7. The van der Waals surface area contributed by atoms with Gasteiger partial charge in [-0.2, -0.15) is 0 Å². The molecule has 0 spiro atoms. The van der Waals surface area contributed by atoms with Crippen LogP contribution in [0.25, 0.3) is 0 Å². The Morgan fingerprint density at radius 2 is 1.68 bits per heavy atom. The van der Waals surface area contributed by atoms with Crippen molar-refractivity contribution in [1.82, 2.24) is 14.7 Å². The minimum atomic E-state index is -0.800. The molecular weight excluding hydrogens is 246 g/mol. The van der Waals surface area contributed by atoms with Gasteiger partial charge in [0.2, 0.25) is 0 Å². The van der Waals surface area contributed by atoms with Gasteiger partial charge in [0.15, 0.2) is 0 Å². The van der Waals surface area contributed by atoms with E-state index in [-0.39, 0.29) is 11.9 Å². The molecule has 2 aliphatic rings. The van der Waals surface area contributed by atoms with Crippen LogP contribution in [0.4, 0.5) is 4.79 Å². The van der Waals surface area contributed by atoms with E-state index in [1.54, 1.807) is 4.90 Å². The number of likely N-dealkylation sites (tertiary alicyclic amines) is 1. The van der Waals surface area contributed by atoms with Gasteiger partial charge in [-0.3, -0.25) is 9.69 Å². The summed E-state index contributed by atoms with van der Waals surface area (Å²) in [6.07, 6.45) is 0. The summed E-state index contributed by atoms with van der Waals surface area (Å²) in [6.45, 7) is 9.53. The standard InChI is InChI=1S/C13H23N3O3/c1-10(2)7-14-3-5-15(6-4-14)13(19)16-8-11(9-16)12(17)18/h10-11H,3-9H2,1-2H3,(H,17,18). The van der Waals surface area contributed by atoms with Crippen molar-refractivity contribution in [3.8, 4) is 0 Å². The van der Waals surface area contributed by atoms with Crippen molar-refractivity contribution < 1.29 is 14.7 Å². The molecule has 2 saturated heterocycles. The molecule has 1 N–H and O–H groups in total. The van der Waals surface area contributed by atoms with Gasteiger partial charge in [0.25, 0.3) is 0 Å². The Labute approximate surface area is 114 Å². The first kappa shape index (κ1) is 14.1. The first-order chi connectivity index (χ1) is 8.97. The van der Waals surface area contributed by atoms with Crippen LogP contribution in [0.5, 0.6) is 0 Å². The molecule has 2 rings (SSSR count). The van der Waals surface area contributed by atoms with Gasteiger partial charge in [0, 0.05) is 45.8 Å². The number of piperazine rings is 1. The molecule has 6 nitrogen and oxygen atoms in total. The quantitative estimate of drug-likeness (QED) is 0.805. The molecule has 2 aliphatic heterocycles. The first-order valence-electron chi connectivity index (χ1n) is 6.96. The SMILES string of the molecule is CC(C)CN1CCN(C(=O)N2CC(C(=O)O)C2)CC1. The van der Waals surface area contributed by atoms with Crippen LogP contribution in [0, 0.1) is 11.8 Å². The molecule has 0 radical (unpaired) electrons. The monoisotopic (exact) mass is 269 g/mol. The van der Waals surface area contributed by atoms with E-state index in [0.29, 0.717) is 19.0 Å². The van der Waals surface area contributed by atoms with E-state index in [0.717, 1.165) is 32.7 Å². The number of rotatable bonds is 3. The number of urea groups is 1.